The third-order valence-electron chi connectivity index (χ3n) is 6.53. The Hall–Kier alpha value is -4.11. The summed E-state index contributed by atoms with van der Waals surface area (Å²) in [4.78, 5) is 33.2. The summed E-state index contributed by atoms with van der Waals surface area (Å²) in [6.07, 6.45) is 2.99. The highest BCUT2D eigenvalue weighted by molar-refractivity contribution is 6.30. The van der Waals surface area contributed by atoms with Gasteiger partial charge in [0.25, 0.3) is 5.91 Å². The van der Waals surface area contributed by atoms with Crippen molar-refractivity contribution in [2.75, 3.05) is 5.32 Å². The second kappa shape index (κ2) is 8.53. The number of nitrogens with one attached hydrogen (secondary N) is 2. The third-order valence-corrected chi connectivity index (χ3v) is 6.85. The van der Waals surface area contributed by atoms with Crippen molar-refractivity contribution in [1.82, 2.24) is 30.3 Å². The summed E-state index contributed by atoms with van der Waals surface area (Å²) in [6, 6.07) is 6.66. The number of aromatic nitrogens is 5. The maximum Gasteiger partial charge on any atom is 0.413 e. The molecule has 0 radical (unpaired) electrons. The van der Waals surface area contributed by atoms with Crippen LogP contribution in [0.1, 0.15) is 48.2 Å². The van der Waals surface area contributed by atoms with E-state index in [2.05, 4.69) is 37.0 Å². The molecule has 2 bridgehead atoms. The van der Waals surface area contributed by atoms with Crippen LogP contribution in [0.3, 0.4) is 0 Å². The minimum Gasteiger partial charge on any atom is -0.441 e. The molecular weight excluding hydrogens is 491 g/mol. The van der Waals surface area contributed by atoms with Gasteiger partial charge >= 0.3 is 6.09 Å². The van der Waals surface area contributed by atoms with Crippen molar-refractivity contribution in [3.63, 3.8) is 0 Å². The molecule has 0 aromatic carbocycles. The van der Waals surface area contributed by atoms with Gasteiger partial charge in [-0.1, -0.05) is 22.9 Å². The molecule has 36 heavy (non-hydrogen) atoms. The summed E-state index contributed by atoms with van der Waals surface area (Å²) in [5, 5.41) is 22.5. The number of amides is 2. The van der Waals surface area contributed by atoms with Gasteiger partial charge < -0.3 is 10.1 Å². The predicted octanol–water partition coefficient (Wildman–Crippen LogP) is 3.55. The molecule has 6 rings (SSSR count). The summed E-state index contributed by atoms with van der Waals surface area (Å²) in [5.74, 6) is -1.24. The molecule has 3 fully saturated rings. The molecule has 3 aromatic rings. The van der Waals surface area contributed by atoms with Crippen LogP contribution in [0.5, 0.6) is 0 Å². The Bertz CT molecular complexity index is 1420. The lowest BCUT2D eigenvalue weighted by molar-refractivity contribution is -0.102. The molecule has 184 valence electrons. The zero-order valence-corrected chi connectivity index (χ0v) is 20.0. The third kappa shape index (κ3) is 4.01. The van der Waals surface area contributed by atoms with Crippen LogP contribution in [0.15, 0.2) is 30.6 Å². The van der Waals surface area contributed by atoms with Crippen molar-refractivity contribution < 1.29 is 18.7 Å². The van der Waals surface area contributed by atoms with E-state index in [0.29, 0.717) is 24.8 Å². The van der Waals surface area contributed by atoms with Crippen LogP contribution < -0.4 is 10.6 Å². The number of ether oxygens (including phenoxy) is 1. The van der Waals surface area contributed by atoms with Gasteiger partial charge in [0, 0.05) is 30.5 Å². The van der Waals surface area contributed by atoms with E-state index in [1.165, 1.54) is 24.1 Å². The van der Waals surface area contributed by atoms with Crippen molar-refractivity contribution in [2.45, 2.75) is 37.8 Å². The largest absolute Gasteiger partial charge is 0.441 e. The summed E-state index contributed by atoms with van der Waals surface area (Å²) in [6.45, 7) is 1.63. The van der Waals surface area contributed by atoms with Crippen molar-refractivity contribution >= 4 is 29.4 Å². The van der Waals surface area contributed by atoms with E-state index < -0.39 is 23.9 Å². The fraction of sp³-hybridized carbons (Fsp3) is 0.348. The highest BCUT2D eigenvalue weighted by atomic mass is 35.5. The van der Waals surface area contributed by atoms with E-state index >= 15 is 4.39 Å². The van der Waals surface area contributed by atoms with Gasteiger partial charge in [-0.25, -0.2) is 18.9 Å². The molecule has 0 spiro atoms. The molecule has 11 nitrogen and oxygen atoms in total. The van der Waals surface area contributed by atoms with Gasteiger partial charge in [0.15, 0.2) is 17.3 Å². The first kappa shape index (κ1) is 23.6. The first-order valence-electron chi connectivity index (χ1n) is 11.0. The van der Waals surface area contributed by atoms with Gasteiger partial charge in [-0.15, -0.1) is 5.10 Å². The van der Waals surface area contributed by atoms with E-state index in [0.717, 1.165) is 6.07 Å². The second-order valence-corrected chi connectivity index (χ2v) is 9.54. The number of nitrogens with zero attached hydrogens (tertiary/aromatic N) is 6. The molecule has 13 heteroatoms. The standard InChI is InChI=1S/C23H20ClFN8O3/c1-12(14-4-3-5-27-18(14)24)36-21(35)29-19-17(31-32-33(19)2)16-15(25)6-13(7-28-16)20(34)30-23-8-22(9-23,10-23)11-26/h3-7,12H,8-10H2,1-2H3,(H,29,35)(H,30,34)/t12-,22?,23?/m1/s1. The molecule has 0 saturated heterocycles. The van der Waals surface area contributed by atoms with Crippen molar-refractivity contribution in [3.05, 3.63) is 52.7 Å². The lowest BCUT2D eigenvalue weighted by atomic mass is 9.40. The van der Waals surface area contributed by atoms with Gasteiger partial charge in [0.2, 0.25) is 0 Å². The number of carbonyl (C=O) groups is 2. The fourth-order valence-corrected chi connectivity index (χ4v) is 5.07. The Morgan fingerprint density at radius 1 is 1.31 bits per heavy atom. The van der Waals surface area contributed by atoms with E-state index in [-0.39, 0.29) is 38.9 Å². The van der Waals surface area contributed by atoms with Crippen LogP contribution in [-0.2, 0) is 11.8 Å². The van der Waals surface area contributed by atoms with Crippen LogP contribution in [-0.4, -0.2) is 42.5 Å². The molecule has 3 aliphatic carbocycles. The maximum absolute atomic E-state index is 15.0. The smallest absolute Gasteiger partial charge is 0.413 e. The molecule has 3 aliphatic rings. The number of anilines is 1. The Kier molecular flexibility index (Phi) is 5.60. The lowest BCUT2D eigenvalue weighted by Gasteiger charge is -2.66. The molecule has 2 amide bonds. The van der Waals surface area contributed by atoms with Gasteiger partial charge in [-0.2, -0.15) is 5.26 Å². The van der Waals surface area contributed by atoms with Gasteiger partial charge in [-0.05, 0) is 38.3 Å². The van der Waals surface area contributed by atoms with E-state index in [9.17, 15) is 9.59 Å². The Labute approximate surface area is 209 Å². The Morgan fingerprint density at radius 2 is 2.06 bits per heavy atom. The average Bonchev–Trinajstić information content (AvgIpc) is 3.14. The van der Waals surface area contributed by atoms with Crippen molar-refractivity contribution in [3.8, 4) is 17.5 Å². The van der Waals surface area contributed by atoms with Crippen LogP contribution in [0.2, 0.25) is 5.15 Å². The number of hydrogen-bond acceptors (Lipinski definition) is 8. The number of aryl methyl sites for hydroxylation is 1. The molecule has 3 saturated carbocycles. The molecule has 0 unspecified atom stereocenters. The number of nitriles is 1. The molecular formula is C23H20ClFN8O3. The Balaban J connectivity index is 1.29. The minimum absolute atomic E-state index is 0.0342. The average molecular weight is 511 g/mol. The Morgan fingerprint density at radius 3 is 2.72 bits per heavy atom. The van der Waals surface area contributed by atoms with Crippen molar-refractivity contribution in [1.29, 1.82) is 5.26 Å². The fourth-order valence-electron chi connectivity index (χ4n) is 4.80. The monoisotopic (exact) mass is 510 g/mol. The van der Waals surface area contributed by atoms with Gasteiger partial charge in [0.1, 0.15) is 17.0 Å². The first-order valence-corrected chi connectivity index (χ1v) is 11.4. The highest BCUT2D eigenvalue weighted by Gasteiger charge is 2.69. The predicted molar refractivity (Wildman–Crippen MR) is 124 cm³/mol. The van der Waals surface area contributed by atoms with E-state index in [1.807, 2.05) is 0 Å². The number of hydrogen-bond donors (Lipinski definition) is 2. The molecule has 0 aliphatic heterocycles. The molecule has 1 atom stereocenters. The number of halogens is 2. The topological polar surface area (TPSA) is 148 Å². The number of rotatable bonds is 6. The van der Waals surface area contributed by atoms with Crippen LogP contribution in [0.4, 0.5) is 15.0 Å². The highest BCUT2D eigenvalue weighted by Crippen LogP contribution is 2.66. The molecule has 3 aromatic heterocycles. The number of carbonyl (C=O) groups excluding carboxylic acids is 2. The first-order chi connectivity index (χ1) is 17.1. The van der Waals surface area contributed by atoms with Crippen LogP contribution in [0.25, 0.3) is 11.4 Å². The molecule has 2 N–H and O–H groups in total. The summed E-state index contributed by atoms with van der Waals surface area (Å²) in [5.41, 5.74) is -0.401. The summed E-state index contributed by atoms with van der Waals surface area (Å²) < 4.78 is 21.6. The zero-order valence-electron chi connectivity index (χ0n) is 19.2. The van der Waals surface area contributed by atoms with E-state index in [1.54, 1.807) is 19.1 Å². The van der Waals surface area contributed by atoms with Gasteiger partial charge in [0.05, 0.1) is 17.0 Å². The minimum atomic E-state index is -0.848. The van der Waals surface area contributed by atoms with Gasteiger partial charge in [-0.3, -0.25) is 15.1 Å². The zero-order chi connectivity index (χ0) is 25.7. The van der Waals surface area contributed by atoms with Crippen LogP contribution >= 0.6 is 11.6 Å². The summed E-state index contributed by atoms with van der Waals surface area (Å²) in [7, 11) is 1.51. The summed E-state index contributed by atoms with van der Waals surface area (Å²) >= 11 is 6.05. The van der Waals surface area contributed by atoms with Crippen LogP contribution in [0, 0.1) is 22.6 Å². The quantitative estimate of drug-likeness (QED) is 0.478. The molecule has 3 heterocycles. The lowest BCUT2D eigenvalue weighted by Crippen LogP contribution is -2.74. The second-order valence-electron chi connectivity index (χ2n) is 9.18. The van der Waals surface area contributed by atoms with E-state index in [4.69, 9.17) is 21.6 Å². The maximum atomic E-state index is 15.0. The SMILES string of the molecule is C[C@@H](OC(=O)Nc1c(-c2ncc(C(=O)NC34CC(C#N)(C3)C4)cc2F)nnn1C)c1cccnc1Cl. The normalized spacial score (nSPS) is 22.4. The number of pyridine rings is 2. The van der Waals surface area contributed by atoms with Crippen molar-refractivity contribution in [2.24, 2.45) is 12.5 Å².